The Labute approximate surface area is 90.2 Å². The van der Waals surface area contributed by atoms with Crippen LogP contribution in [0.25, 0.3) is 0 Å². The minimum Gasteiger partial charge on any atom is -0.483 e. The average molecular weight is 261 g/mol. The summed E-state index contributed by atoms with van der Waals surface area (Å²) in [6, 6.07) is 4.18. The van der Waals surface area contributed by atoms with Gasteiger partial charge >= 0.3 is 0 Å². The lowest BCUT2D eigenvalue weighted by Crippen LogP contribution is -2.20. The third-order valence-corrected chi connectivity index (χ3v) is 2.18. The fourth-order valence-electron chi connectivity index (χ4n) is 0.884. The topological polar surface area (TPSA) is 26.3 Å². The van der Waals surface area contributed by atoms with Gasteiger partial charge in [0.05, 0.1) is 0 Å². The van der Waals surface area contributed by atoms with Crippen molar-refractivity contribution in [2.45, 2.75) is 20.0 Å². The fraction of sp³-hybridized carbons (Fsp3) is 0.300. The maximum Gasteiger partial charge on any atom is 0.169 e. The minimum atomic E-state index is -0.552. The van der Waals surface area contributed by atoms with Crippen LogP contribution in [-0.2, 0) is 4.79 Å². The Morgan fingerprint density at radius 2 is 2.14 bits per heavy atom. The van der Waals surface area contributed by atoms with Gasteiger partial charge < -0.3 is 4.74 Å². The first-order chi connectivity index (χ1) is 6.49. The van der Waals surface area contributed by atoms with Gasteiger partial charge in [-0.05, 0) is 26.0 Å². The minimum absolute atomic E-state index is 0.0922. The van der Waals surface area contributed by atoms with Crippen LogP contribution in [0.4, 0.5) is 4.39 Å². The van der Waals surface area contributed by atoms with Crippen molar-refractivity contribution in [3.63, 3.8) is 0 Å². The summed E-state index contributed by atoms with van der Waals surface area (Å²) in [6.45, 7) is 3.06. The summed E-state index contributed by atoms with van der Waals surface area (Å²) in [4.78, 5) is 10.9. The normalized spacial score (nSPS) is 12.3. The van der Waals surface area contributed by atoms with Crippen LogP contribution in [0.3, 0.4) is 0 Å². The van der Waals surface area contributed by atoms with Gasteiger partial charge in [0.1, 0.15) is 11.6 Å². The van der Waals surface area contributed by atoms with E-state index < -0.39 is 11.9 Å². The largest absolute Gasteiger partial charge is 0.483 e. The predicted molar refractivity (Wildman–Crippen MR) is 54.9 cm³/mol. The second-order valence-corrected chi connectivity index (χ2v) is 3.89. The van der Waals surface area contributed by atoms with Gasteiger partial charge in [0.25, 0.3) is 0 Å². The summed E-state index contributed by atoms with van der Waals surface area (Å²) in [6.07, 6.45) is -0.552. The molecule has 1 unspecified atom stereocenters. The van der Waals surface area contributed by atoms with Crippen LogP contribution >= 0.6 is 15.9 Å². The SMILES string of the molecule is CC(=O)C(C)Oc1cc(F)cc(Br)c1. The average Bonchev–Trinajstić information content (AvgIpc) is 2.01. The summed E-state index contributed by atoms with van der Waals surface area (Å²) < 4.78 is 18.7. The molecule has 1 aromatic rings. The maximum absolute atomic E-state index is 12.9. The van der Waals surface area contributed by atoms with Crippen LogP contribution in [0.15, 0.2) is 22.7 Å². The number of rotatable bonds is 3. The van der Waals surface area contributed by atoms with Crippen LogP contribution in [0.1, 0.15) is 13.8 Å². The van der Waals surface area contributed by atoms with E-state index in [0.29, 0.717) is 10.2 Å². The Morgan fingerprint density at radius 3 is 2.64 bits per heavy atom. The highest BCUT2D eigenvalue weighted by atomic mass is 79.9. The molecule has 14 heavy (non-hydrogen) atoms. The molecule has 1 rings (SSSR count). The third-order valence-electron chi connectivity index (χ3n) is 1.72. The molecule has 2 nitrogen and oxygen atoms in total. The van der Waals surface area contributed by atoms with E-state index in [0.717, 1.165) is 0 Å². The summed E-state index contributed by atoms with van der Waals surface area (Å²) in [7, 11) is 0. The number of Topliss-reactive ketones (excluding diaryl/α,β-unsaturated/α-hetero) is 1. The standard InChI is InChI=1S/C10H10BrFO2/c1-6(13)7(2)14-10-4-8(11)3-9(12)5-10/h3-5,7H,1-2H3. The van der Waals surface area contributed by atoms with Crippen LogP contribution in [0.2, 0.25) is 0 Å². The second-order valence-electron chi connectivity index (χ2n) is 2.98. The molecule has 0 amide bonds. The highest BCUT2D eigenvalue weighted by molar-refractivity contribution is 9.10. The molecule has 0 saturated carbocycles. The van der Waals surface area contributed by atoms with Crippen molar-refractivity contribution in [2.75, 3.05) is 0 Å². The number of carbonyl (C=O) groups excluding carboxylic acids is 1. The zero-order valence-electron chi connectivity index (χ0n) is 7.88. The molecule has 76 valence electrons. The van der Waals surface area contributed by atoms with Gasteiger partial charge in [0.15, 0.2) is 11.9 Å². The number of halogens is 2. The van der Waals surface area contributed by atoms with Gasteiger partial charge in [-0.15, -0.1) is 0 Å². The molecule has 1 aromatic carbocycles. The van der Waals surface area contributed by atoms with Crippen LogP contribution < -0.4 is 4.74 Å². The summed E-state index contributed by atoms with van der Waals surface area (Å²) in [5, 5.41) is 0. The molecule has 4 heteroatoms. The van der Waals surface area contributed by atoms with Gasteiger partial charge in [-0.25, -0.2) is 4.39 Å². The van der Waals surface area contributed by atoms with E-state index in [2.05, 4.69) is 15.9 Å². The smallest absolute Gasteiger partial charge is 0.169 e. The molecule has 0 aliphatic carbocycles. The van der Waals surface area contributed by atoms with Crippen molar-refractivity contribution < 1.29 is 13.9 Å². The van der Waals surface area contributed by atoms with E-state index in [4.69, 9.17) is 4.74 Å². The molecule has 0 bridgehead atoms. The van der Waals surface area contributed by atoms with E-state index in [1.165, 1.54) is 19.1 Å². The molecule has 0 aliphatic rings. The molecule has 0 spiro atoms. The maximum atomic E-state index is 12.9. The number of ketones is 1. The van der Waals surface area contributed by atoms with Crippen LogP contribution in [0, 0.1) is 5.82 Å². The molecule has 1 atom stereocenters. The molecule has 0 N–H and O–H groups in total. The van der Waals surface area contributed by atoms with Gasteiger partial charge in [-0.1, -0.05) is 15.9 Å². The molecule has 0 heterocycles. The lowest BCUT2D eigenvalue weighted by molar-refractivity contribution is -0.122. The molecule has 0 fully saturated rings. The summed E-state index contributed by atoms with van der Waals surface area (Å²) in [5.74, 6) is -0.143. The second kappa shape index (κ2) is 4.55. The van der Waals surface area contributed by atoms with E-state index in [1.807, 2.05) is 0 Å². The number of hydrogen-bond acceptors (Lipinski definition) is 2. The van der Waals surface area contributed by atoms with Crippen molar-refractivity contribution in [1.82, 2.24) is 0 Å². The summed E-state index contributed by atoms with van der Waals surface area (Å²) in [5.41, 5.74) is 0. The van der Waals surface area contributed by atoms with Gasteiger partial charge in [-0.3, -0.25) is 4.79 Å². The van der Waals surface area contributed by atoms with E-state index in [1.54, 1.807) is 13.0 Å². The Balaban J connectivity index is 2.81. The van der Waals surface area contributed by atoms with Crippen molar-refractivity contribution >= 4 is 21.7 Å². The molecule has 0 saturated heterocycles. The predicted octanol–water partition coefficient (Wildman–Crippen LogP) is 2.94. The quantitative estimate of drug-likeness (QED) is 0.836. The highest BCUT2D eigenvalue weighted by Gasteiger charge is 2.09. The number of benzene rings is 1. The van der Waals surface area contributed by atoms with Crippen molar-refractivity contribution in [1.29, 1.82) is 0 Å². The first-order valence-corrected chi connectivity index (χ1v) is 4.91. The lowest BCUT2D eigenvalue weighted by Gasteiger charge is -2.11. The molecule has 0 aromatic heterocycles. The van der Waals surface area contributed by atoms with Crippen LogP contribution in [-0.4, -0.2) is 11.9 Å². The first kappa shape index (κ1) is 11.2. The van der Waals surface area contributed by atoms with E-state index in [9.17, 15) is 9.18 Å². The van der Waals surface area contributed by atoms with Crippen molar-refractivity contribution in [3.8, 4) is 5.75 Å². The Kier molecular flexibility index (Phi) is 3.63. The Hall–Kier alpha value is -0.900. The van der Waals surface area contributed by atoms with Gasteiger partial charge in [0.2, 0.25) is 0 Å². The van der Waals surface area contributed by atoms with Gasteiger partial charge in [0, 0.05) is 10.5 Å². The lowest BCUT2D eigenvalue weighted by atomic mass is 10.3. The Bertz CT molecular complexity index is 332. The number of hydrogen-bond donors (Lipinski definition) is 0. The molecular weight excluding hydrogens is 251 g/mol. The van der Waals surface area contributed by atoms with E-state index in [-0.39, 0.29) is 5.78 Å². The molecular formula is C10H10BrFO2. The fourth-order valence-corrected chi connectivity index (χ4v) is 1.33. The van der Waals surface area contributed by atoms with Crippen molar-refractivity contribution in [2.24, 2.45) is 0 Å². The van der Waals surface area contributed by atoms with Gasteiger partial charge in [-0.2, -0.15) is 0 Å². The van der Waals surface area contributed by atoms with Crippen molar-refractivity contribution in [3.05, 3.63) is 28.5 Å². The number of carbonyl (C=O) groups is 1. The summed E-state index contributed by atoms with van der Waals surface area (Å²) >= 11 is 3.13. The Morgan fingerprint density at radius 1 is 1.50 bits per heavy atom. The third kappa shape index (κ3) is 3.10. The van der Waals surface area contributed by atoms with Crippen LogP contribution in [0.5, 0.6) is 5.75 Å². The molecule has 0 aliphatic heterocycles. The number of ether oxygens (including phenoxy) is 1. The van der Waals surface area contributed by atoms with E-state index >= 15 is 0 Å². The molecule has 0 radical (unpaired) electrons. The zero-order valence-corrected chi connectivity index (χ0v) is 9.47. The monoisotopic (exact) mass is 260 g/mol. The zero-order chi connectivity index (χ0) is 10.7. The highest BCUT2D eigenvalue weighted by Crippen LogP contribution is 2.21. The first-order valence-electron chi connectivity index (χ1n) is 4.12.